The van der Waals surface area contributed by atoms with E-state index >= 15 is 0 Å². The summed E-state index contributed by atoms with van der Waals surface area (Å²) in [5.74, 6) is 0.142. The van der Waals surface area contributed by atoms with Crippen molar-refractivity contribution in [1.82, 2.24) is 9.55 Å². The van der Waals surface area contributed by atoms with Crippen LogP contribution in [0.1, 0.15) is 43.5 Å². The summed E-state index contributed by atoms with van der Waals surface area (Å²) in [7, 11) is 0. The number of fused-ring (bicyclic) bond motifs is 3. The van der Waals surface area contributed by atoms with Crippen LogP contribution in [-0.4, -0.2) is 22.1 Å². The summed E-state index contributed by atoms with van der Waals surface area (Å²) >= 11 is 1.61. The van der Waals surface area contributed by atoms with Crippen LogP contribution in [0.2, 0.25) is 0 Å². The molecule has 0 fully saturated rings. The van der Waals surface area contributed by atoms with Gasteiger partial charge in [0.25, 0.3) is 5.56 Å². The van der Waals surface area contributed by atoms with Gasteiger partial charge in [0.15, 0.2) is 0 Å². The van der Waals surface area contributed by atoms with Gasteiger partial charge in [0.05, 0.1) is 12.0 Å². The second-order valence-electron chi connectivity index (χ2n) is 6.12. The Hall–Kier alpha value is -1.69. The van der Waals surface area contributed by atoms with Crippen molar-refractivity contribution in [3.05, 3.63) is 26.6 Å². The number of aromatic nitrogens is 2. The van der Waals surface area contributed by atoms with Gasteiger partial charge in [-0.25, -0.2) is 9.78 Å². The van der Waals surface area contributed by atoms with Gasteiger partial charge in [0, 0.05) is 4.88 Å². The van der Waals surface area contributed by atoms with Crippen molar-refractivity contribution in [3.63, 3.8) is 0 Å². The highest BCUT2D eigenvalue weighted by Crippen LogP contribution is 2.35. The molecule has 2 aromatic heterocycles. The predicted octanol–water partition coefficient (Wildman–Crippen LogP) is 2.55. The van der Waals surface area contributed by atoms with Crippen molar-refractivity contribution in [2.24, 2.45) is 0 Å². The van der Waals surface area contributed by atoms with Crippen molar-refractivity contribution in [2.75, 3.05) is 6.61 Å². The first-order valence-electron chi connectivity index (χ1n) is 7.59. The maximum atomic E-state index is 13.0. The molecule has 0 amide bonds. The quantitative estimate of drug-likeness (QED) is 0.816. The van der Waals surface area contributed by atoms with Crippen LogP contribution in [0.15, 0.2) is 4.79 Å². The zero-order valence-corrected chi connectivity index (χ0v) is 14.2. The van der Waals surface area contributed by atoms with Gasteiger partial charge in [-0.2, -0.15) is 0 Å². The normalized spacial score (nSPS) is 14.4. The molecule has 0 saturated carbocycles. The highest BCUT2D eigenvalue weighted by Gasteiger charge is 2.35. The van der Waals surface area contributed by atoms with Crippen molar-refractivity contribution in [2.45, 2.75) is 52.5 Å². The van der Waals surface area contributed by atoms with Crippen LogP contribution in [0, 0.1) is 6.92 Å². The first-order chi connectivity index (χ1) is 10.4. The van der Waals surface area contributed by atoms with E-state index in [-0.39, 0.29) is 5.56 Å². The number of thiophene rings is 1. The molecule has 0 spiro atoms. The Morgan fingerprint density at radius 1 is 1.41 bits per heavy atom. The second-order valence-corrected chi connectivity index (χ2v) is 7.20. The number of rotatable bonds is 3. The van der Waals surface area contributed by atoms with E-state index in [4.69, 9.17) is 4.74 Å². The van der Waals surface area contributed by atoms with Crippen LogP contribution in [0.5, 0.6) is 0 Å². The van der Waals surface area contributed by atoms with Crippen LogP contribution >= 0.6 is 11.3 Å². The summed E-state index contributed by atoms with van der Waals surface area (Å²) in [5, 5.41) is 0.695. The summed E-state index contributed by atoms with van der Waals surface area (Å²) < 4.78 is 6.62. The van der Waals surface area contributed by atoms with Gasteiger partial charge in [-0.05, 0) is 52.5 Å². The van der Waals surface area contributed by atoms with E-state index in [1.807, 2.05) is 0 Å². The van der Waals surface area contributed by atoms with E-state index < -0.39 is 11.5 Å². The van der Waals surface area contributed by atoms with Gasteiger partial charge in [-0.1, -0.05) is 0 Å². The minimum atomic E-state index is -1.06. The molecule has 3 rings (SSSR count). The number of aryl methyl sites for hydroxylation is 3. The first kappa shape index (κ1) is 15.2. The fourth-order valence-corrected chi connectivity index (χ4v) is 4.50. The lowest BCUT2D eigenvalue weighted by atomic mass is 10.0. The van der Waals surface area contributed by atoms with Gasteiger partial charge in [-0.3, -0.25) is 9.36 Å². The molecule has 0 N–H and O–H groups in total. The molecule has 0 saturated heterocycles. The topological polar surface area (TPSA) is 61.2 Å². The van der Waals surface area contributed by atoms with Gasteiger partial charge >= 0.3 is 5.97 Å². The smallest absolute Gasteiger partial charge is 0.331 e. The minimum absolute atomic E-state index is 0.125. The molecule has 1 aliphatic rings. The molecule has 5 nitrogen and oxygen atoms in total. The lowest BCUT2D eigenvalue weighted by Gasteiger charge is -2.26. The molecule has 0 aliphatic heterocycles. The number of carbonyl (C=O) groups is 1. The van der Waals surface area contributed by atoms with Crippen LogP contribution < -0.4 is 5.56 Å². The zero-order valence-electron chi connectivity index (χ0n) is 13.4. The third kappa shape index (κ3) is 2.08. The monoisotopic (exact) mass is 320 g/mol. The lowest BCUT2D eigenvalue weighted by Crippen LogP contribution is -2.45. The Morgan fingerprint density at radius 3 is 2.82 bits per heavy atom. The average Bonchev–Trinajstić information content (AvgIpc) is 2.98. The fourth-order valence-electron chi connectivity index (χ4n) is 3.20. The lowest BCUT2D eigenvalue weighted by molar-refractivity contribution is -0.152. The van der Waals surface area contributed by atoms with E-state index in [0.29, 0.717) is 17.8 Å². The summed E-state index contributed by atoms with van der Waals surface area (Å²) in [6, 6.07) is 0. The van der Waals surface area contributed by atoms with Crippen molar-refractivity contribution in [1.29, 1.82) is 0 Å². The van der Waals surface area contributed by atoms with Crippen LogP contribution in [-0.2, 0) is 27.9 Å². The largest absolute Gasteiger partial charge is 0.464 e. The van der Waals surface area contributed by atoms with Crippen molar-refractivity contribution >= 4 is 27.5 Å². The zero-order chi connectivity index (χ0) is 16.1. The summed E-state index contributed by atoms with van der Waals surface area (Å²) in [6.45, 7) is 7.24. The SMILES string of the molecule is CCOC(=O)C(C)(C)n1c(C)nc2sc3c(c2c1=O)CCC3. The molecule has 0 unspecified atom stereocenters. The molecule has 0 aromatic carbocycles. The Bertz CT molecular complexity index is 817. The van der Waals surface area contributed by atoms with E-state index in [2.05, 4.69) is 4.98 Å². The van der Waals surface area contributed by atoms with Crippen LogP contribution in [0.3, 0.4) is 0 Å². The minimum Gasteiger partial charge on any atom is -0.464 e. The maximum Gasteiger partial charge on any atom is 0.331 e. The maximum absolute atomic E-state index is 13.0. The Labute approximate surface area is 132 Å². The van der Waals surface area contributed by atoms with Gasteiger partial charge in [0.1, 0.15) is 16.2 Å². The summed E-state index contributed by atoms with van der Waals surface area (Å²) in [4.78, 5) is 32.0. The molecule has 0 radical (unpaired) electrons. The molecule has 2 aromatic rings. The fraction of sp³-hybridized carbons (Fsp3) is 0.562. The Kier molecular flexibility index (Phi) is 3.59. The van der Waals surface area contributed by atoms with Crippen LogP contribution in [0.4, 0.5) is 0 Å². The van der Waals surface area contributed by atoms with E-state index in [9.17, 15) is 9.59 Å². The van der Waals surface area contributed by atoms with Gasteiger partial charge in [0.2, 0.25) is 0 Å². The van der Waals surface area contributed by atoms with Gasteiger partial charge in [-0.15, -0.1) is 11.3 Å². The molecule has 0 bridgehead atoms. The number of hydrogen-bond donors (Lipinski definition) is 0. The van der Waals surface area contributed by atoms with E-state index in [1.54, 1.807) is 39.0 Å². The van der Waals surface area contributed by atoms with Crippen LogP contribution in [0.25, 0.3) is 10.2 Å². The molecule has 0 atom stereocenters. The number of ether oxygens (including phenoxy) is 1. The summed E-state index contributed by atoms with van der Waals surface area (Å²) in [6.07, 6.45) is 3.04. The number of carbonyl (C=O) groups excluding carboxylic acids is 1. The molecule has 2 heterocycles. The van der Waals surface area contributed by atoms with Crippen molar-refractivity contribution < 1.29 is 9.53 Å². The molecule has 6 heteroatoms. The standard InChI is InChI=1S/C16H20N2O3S/c1-5-21-15(20)16(3,4)18-9(2)17-13-12(14(18)19)10-7-6-8-11(10)22-13/h5-8H2,1-4H3. The number of hydrogen-bond acceptors (Lipinski definition) is 5. The highest BCUT2D eigenvalue weighted by atomic mass is 32.1. The van der Waals surface area contributed by atoms with E-state index in [1.165, 1.54) is 9.44 Å². The third-order valence-electron chi connectivity index (χ3n) is 4.24. The van der Waals surface area contributed by atoms with Crippen molar-refractivity contribution in [3.8, 4) is 0 Å². The third-order valence-corrected chi connectivity index (χ3v) is 5.43. The molecule has 118 valence electrons. The number of esters is 1. The molecule has 22 heavy (non-hydrogen) atoms. The van der Waals surface area contributed by atoms with E-state index in [0.717, 1.165) is 29.7 Å². The molecular formula is C16H20N2O3S. The average molecular weight is 320 g/mol. The molecular weight excluding hydrogens is 300 g/mol. The highest BCUT2D eigenvalue weighted by molar-refractivity contribution is 7.18. The van der Waals surface area contributed by atoms with Gasteiger partial charge < -0.3 is 4.74 Å². The predicted molar refractivity (Wildman–Crippen MR) is 86.6 cm³/mol. The first-order valence-corrected chi connectivity index (χ1v) is 8.41. The molecule has 1 aliphatic carbocycles. The Morgan fingerprint density at radius 2 is 2.14 bits per heavy atom. The number of nitrogens with zero attached hydrogens (tertiary/aromatic N) is 2. The summed E-state index contributed by atoms with van der Waals surface area (Å²) in [5.41, 5.74) is -0.0583. The Balaban J connectivity index is 2.26. The second kappa shape index (κ2) is 5.19.